The maximum atomic E-state index is 12.8. The van der Waals surface area contributed by atoms with Crippen molar-refractivity contribution in [2.75, 3.05) is 28.3 Å². The molecule has 3 aromatic carbocycles. The van der Waals surface area contributed by atoms with Crippen molar-refractivity contribution in [2.45, 2.75) is 13.1 Å². The Balaban J connectivity index is 1.78. The number of para-hydroxylation sites is 1. The van der Waals surface area contributed by atoms with Crippen LogP contribution in [-0.4, -0.2) is 39.1 Å². The molecule has 0 radical (unpaired) electrons. The van der Waals surface area contributed by atoms with Crippen molar-refractivity contribution in [3.63, 3.8) is 0 Å². The van der Waals surface area contributed by atoms with Gasteiger partial charge in [-0.25, -0.2) is 0 Å². The fourth-order valence-corrected chi connectivity index (χ4v) is 3.45. The molecule has 0 bridgehead atoms. The van der Waals surface area contributed by atoms with E-state index in [1.54, 1.807) is 25.3 Å². The topological polar surface area (TPSA) is 50.8 Å². The first kappa shape index (κ1) is 21.4. The minimum Gasteiger partial charge on any atom is -0.493 e. The van der Waals surface area contributed by atoms with E-state index < -0.39 is 0 Å². The average molecular weight is 405 g/mol. The Labute approximate surface area is 178 Å². The van der Waals surface area contributed by atoms with Crippen LogP contribution < -0.4 is 14.8 Å². The zero-order chi connectivity index (χ0) is 21.5. The van der Waals surface area contributed by atoms with Gasteiger partial charge in [-0.1, -0.05) is 54.6 Å². The largest absolute Gasteiger partial charge is 0.493 e. The van der Waals surface area contributed by atoms with Crippen LogP contribution in [0, 0.1) is 0 Å². The van der Waals surface area contributed by atoms with Crippen LogP contribution in [0.1, 0.15) is 21.5 Å². The van der Waals surface area contributed by atoms with Crippen LogP contribution in [-0.2, 0) is 13.1 Å². The fraction of sp³-hybridized carbons (Fsp3) is 0.240. The number of nitrogens with one attached hydrogen (secondary N) is 1. The van der Waals surface area contributed by atoms with Gasteiger partial charge in [0.2, 0.25) is 0 Å². The third kappa shape index (κ3) is 4.99. The molecule has 0 aromatic heterocycles. The van der Waals surface area contributed by atoms with Crippen LogP contribution in [0.25, 0.3) is 11.1 Å². The molecule has 1 amide bonds. The SMILES string of the molecule is COc1cccc(C(=O)NCc2ccccc2-c2ccc(CN(C)C)cc2)c1OC. The van der Waals surface area contributed by atoms with Gasteiger partial charge in [0.15, 0.2) is 11.5 Å². The molecule has 1 N–H and O–H groups in total. The molecule has 5 heteroatoms. The summed E-state index contributed by atoms with van der Waals surface area (Å²) in [7, 11) is 7.20. The normalized spacial score (nSPS) is 10.7. The molecule has 3 aromatic rings. The van der Waals surface area contributed by atoms with Gasteiger partial charge >= 0.3 is 0 Å². The second kappa shape index (κ2) is 9.94. The number of methoxy groups -OCH3 is 2. The Morgan fingerprint density at radius 1 is 0.900 bits per heavy atom. The molecular formula is C25H28N2O3. The monoisotopic (exact) mass is 404 g/mol. The van der Waals surface area contributed by atoms with Crippen LogP contribution in [0.15, 0.2) is 66.7 Å². The molecule has 0 aliphatic heterocycles. The highest BCUT2D eigenvalue weighted by Gasteiger charge is 2.16. The van der Waals surface area contributed by atoms with Gasteiger partial charge in [-0.2, -0.15) is 0 Å². The lowest BCUT2D eigenvalue weighted by Crippen LogP contribution is -2.23. The first-order valence-electron chi connectivity index (χ1n) is 9.84. The summed E-state index contributed by atoms with van der Waals surface area (Å²) in [6, 6.07) is 21.9. The molecule has 156 valence electrons. The maximum absolute atomic E-state index is 12.8. The summed E-state index contributed by atoms with van der Waals surface area (Å²) >= 11 is 0. The molecule has 3 rings (SSSR count). The second-order valence-electron chi connectivity index (χ2n) is 7.32. The number of carbonyl (C=O) groups excluding carboxylic acids is 1. The van der Waals surface area contributed by atoms with E-state index in [1.807, 2.05) is 18.2 Å². The molecule has 0 saturated heterocycles. The van der Waals surface area contributed by atoms with E-state index in [0.29, 0.717) is 23.6 Å². The van der Waals surface area contributed by atoms with Crippen LogP contribution in [0.3, 0.4) is 0 Å². The van der Waals surface area contributed by atoms with Gasteiger partial charge in [0.1, 0.15) is 0 Å². The predicted molar refractivity (Wildman–Crippen MR) is 120 cm³/mol. The number of hydrogen-bond acceptors (Lipinski definition) is 4. The molecule has 0 aliphatic rings. The van der Waals surface area contributed by atoms with E-state index in [2.05, 4.69) is 54.6 Å². The van der Waals surface area contributed by atoms with Gasteiger partial charge in [-0.05, 0) is 48.5 Å². The van der Waals surface area contributed by atoms with Gasteiger partial charge in [-0.15, -0.1) is 0 Å². The lowest BCUT2D eigenvalue weighted by Gasteiger charge is -2.15. The van der Waals surface area contributed by atoms with E-state index in [0.717, 1.165) is 23.2 Å². The maximum Gasteiger partial charge on any atom is 0.255 e. The van der Waals surface area contributed by atoms with Crippen LogP contribution in [0.4, 0.5) is 0 Å². The van der Waals surface area contributed by atoms with Crippen molar-refractivity contribution in [1.29, 1.82) is 0 Å². The first-order chi connectivity index (χ1) is 14.5. The minimum absolute atomic E-state index is 0.207. The Morgan fingerprint density at radius 3 is 2.30 bits per heavy atom. The van der Waals surface area contributed by atoms with Gasteiger partial charge in [0.05, 0.1) is 19.8 Å². The number of rotatable bonds is 8. The zero-order valence-electron chi connectivity index (χ0n) is 17.9. The lowest BCUT2D eigenvalue weighted by molar-refractivity contribution is 0.0947. The summed E-state index contributed by atoms with van der Waals surface area (Å²) in [5.74, 6) is 0.757. The third-order valence-electron chi connectivity index (χ3n) is 4.87. The summed E-state index contributed by atoms with van der Waals surface area (Å²) in [6.45, 7) is 1.31. The molecule has 0 fully saturated rings. The first-order valence-corrected chi connectivity index (χ1v) is 9.84. The Kier molecular flexibility index (Phi) is 7.09. The number of hydrogen-bond donors (Lipinski definition) is 1. The number of nitrogens with zero attached hydrogens (tertiary/aromatic N) is 1. The highest BCUT2D eigenvalue weighted by Crippen LogP contribution is 2.31. The summed E-state index contributed by atoms with van der Waals surface area (Å²) in [5, 5.41) is 3.01. The Bertz CT molecular complexity index is 998. The Morgan fingerprint density at radius 2 is 1.63 bits per heavy atom. The fourth-order valence-electron chi connectivity index (χ4n) is 3.45. The highest BCUT2D eigenvalue weighted by atomic mass is 16.5. The lowest BCUT2D eigenvalue weighted by atomic mass is 9.98. The van der Waals surface area contributed by atoms with Gasteiger partial charge in [-0.3, -0.25) is 4.79 Å². The molecule has 0 saturated carbocycles. The van der Waals surface area contributed by atoms with E-state index >= 15 is 0 Å². The van der Waals surface area contributed by atoms with Crippen molar-refractivity contribution in [3.05, 3.63) is 83.4 Å². The summed E-state index contributed by atoms with van der Waals surface area (Å²) in [6.07, 6.45) is 0. The summed E-state index contributed by atoms with van der Waals surface area (Å²) in [4.78, 5) is 15.0. The number of amides is 1. The summed E-state index contributed by atoms with van der Waals surface area (Å²) in [5.41, 5.74) is 4.99. The zero-order valence-corrected chi connectivity index (χ0v) is 17.9. The van der Waals surface area contributed by atoms with E-state index in [1.165, 1.54) is 12.7 Å². The molecule has 5 nitrogen and oxygen atoms in total. The van der Waals surface area contributed by atoms with Crippen molar-refractivity contribution in [1.82, 2.24) is 10.2 Å². The van der Waals surface area contributed by atoms with Crippen molar-refractivity contribution in [3.8, 4) is 22.6 Å². The number of ether oxygens (including phenoxy) is 2. The minimum atomic E-state index is -0.207. The molecule has 0 unspecified atom stereocenters. The predicted octanol–water partition coefficient (Wildman–Crippen LogP) is 4.36. The van der Waals surface area contributed by atoms with Crippen molar-refractivity contribution < 1.29 is 14.3 Å². The molecule has 0 heterocycles. The molecule has 0 spiro atoms. The molecule has 0 aliphatic carbocycles. The van der Waals surface area contributed by atoms with Gasteiger partial charge in [0, 0.05) is 13.1 Å². The standard InChI is InChI=1S/C25H28N2O3/c1-27(2)17-18-12-14-19(15-13-18)21-9-6-5-8-20(21)16-26-25(28)22-10-7-11-23(29-3)24(22)30-4/h5-15H,16-17H2,1-4H3,(H,26,28). The molecule has 30 heavy (non-hydrogen) atoms. The van der Waals surface area contributed by atoms with Crippen molar-refractivity contribution >= 4 is 5.91 Å². The van der Waals surface area contributed by atoms with Crippen LogP contribution in [0.5, 0.6) is 11.5 Å². The number of carbonyl (C=O) groups is 1. The van der Waals surface area contributed by atoms with Gasteiger partial charge in [0.25, 0.3) is 5.91 Å². The smallest absolute Gasteiger partial charge is 0.255 e. The van der Waals surface area contributed by atoms with Crippen LogP contribution >= 0.6 is 0 Å². The van der Waals surface area contributed by atoms with E-state index in [4.69, 9.17) is 9.47 Å². The van der Waals surface area contributed by atoms with Gasteiger partial charge < -0.3 is 19.7 Å². The number of benzene rings is 3. The molecular weight excluding hydrogens is 376 g/mol. The second-order valence-corrected chi connectivity index (χ2v) is 7.32. The van der Waals surface area contributed by atoms with Crippen LogP contribution in [0.2, 0.25) is 0 Å². The third-order valence-corrected chi connectivity index (χ3v) is 4.87. The summed E-state index contributed by atoms with van der Waals surface area (Å²) < 4.78 is 10.7. The Hall–Kier alpha value is -3.31. The quantitative estimate of drug-likeness (QED) is 0.606. The van der Waals surface area contributed by atoms with E-state index in [9.17, 15) is 4.79 Å². The highest BCUT2D eigenvalue weighted by molar-refractivity contribution is 5.97. The van der Waals surface area contributed by atoms with E-state index in [-0.39, 0.29) is 5.91 Å². The average Bonchev–Trinajstić information content (AvgIpc) is 2.77. The molecule has 0 atom stereocenters. The van der Waals surface area contributed by atoms with Crippen molar-refractivity contribution in [2.24, 2.45) is 0 Å².